The van der Waals surface area contributed by atoms with Crippen molar-refractivity contribution in [3.8, 4) is 0 Å². The Balaban J connectivity index is 1.83. The highest BCUT2D eigenvalue weighted by molar-refractivity contribution is 7.17. The predicted molar refractivity (Wildman–Crippen MR) is 83.8 cm³/mol. The maximum atomic E-state index is 3.59. The number of thiophene rings is 1. The van der Waals surface area contributed by atoms with Crippen LogP contribution in [0, 0.1) is 0 Å². The first-order valence-corrected chi connectivity index (χ1v) is 8.08. The van der Waals surface area contributed by atoms with E-state index in [1.54, 1.807) is 0 Å². The molecule has 1 aromatic carbocycles. The molecule has 2 unspecified atom stereocenters. The summed E-state index contributed by atoms with van der Waals surface area (Å²) >= 11 is 1.87. The Bertz CT molecular complexity index is 548. The van der Waals surface area contributed by atoms with Crippen LogP contribution in [0.25, 0.3) is 10.1 Å². The fraction of sp³-hybridized carbons (Fsp3) is 0.500. The molecule has 2 atom stereocenters. The van der Waals surface area contributed by atoms with Gasteiger partial charge in [0.15, 0.2) is 0 Å². The Morgan fingerprint density at radius 1 is 1.37 bits per heavy atom. The van der Waals surface area contributed by atoms with Gasteiger partial charge in [-0.2, -0.15) is 0 Å². The summed E-state index contributed by atoms with van der Waals surface area (Å²) in [5.74, 6) is 0. The van der Waals surface area contributed by atoms with E-state index in [4.69, 9.17) is 0 Å². The van der Waals surface area contributed by atoms with Crippen molar-refractivity contribution in [2.24, 2.45) is 0 Å². The van der Waals surface area contributed by atoms with E-state index in [-0.39, 0.29) is 0 Å². The molecule has 1 aliphatic rings. The summed E-state index contributed by atoms with van der Waals surface area (Å²) in [6, 6.07) is 10.0. The molecule has 2 nitrogen and oxygen atoms in total. The minimum Gasteiger partial charge on any atom is -0.311 e. The quantitative estimate of drug-likeness (QED) is 0.922. The number of nitrogens with one attached hydrogen (secondary N) is 1. The fourth-order valence-electron chi connectivity index (χ4n) is 3.00. The molecule has 3 rings (SSSR count). The molecule has 1 fully saturated rings. The molecule has 102 valence electrons. The third-order valence-electron chi connectivity index (χ3n) is 4.13. The van der Waals surface area contributed by atoms with Crippen LogP contribution in [0.2, 0.25) is 0 Å². The molecular formula is C16H22N2S. The highest BCUT2D eigenvalue weighted by Crippen LogP contribution is 2.27. The fourth-order valence-corrected chi connectivity index (χ4v) is 3.96. The summed E-state index contributed by atoms with van der Waals surface area (Å²) in [6.07, 6.45) is 1.22. The molecule has 0 saturated carbocycles. The van der Waals surface area contributed by atoms with Crippen molar-refractivity contribution in [3.05, 3.63) is 35.2 Å². The summed E-state index contributed by atoms with van der Waals surface area (Å²) in [5.41, 5.74) is 1.49. The maximum absolute atomic E-state index is 3.59. The van der Waals surface area contributed by atoms with Crippen molar-refractivity contribution < 1.29 is 0 Å². The van der Waals surface area contributed by atoms with Crippen molar-refractivity contribution in [2.45, 2.75) is 38.9 Å². The molecule has 0 bridgehead atoms. The van der Waals surface area contributed by atoms with E-state index >= 15 is 0 Å². The summed E-state index contributed by atoms with van der Waals surface area (Å²) in [4.78, 5) is 2.65. The van der Waals surface area contributed by atoms with Gasteiger partial charge in [-0.15, -0.1) is 11.3 Å². The van der Waals surface area contributed by atoms with Crippen molar-refractivity contribution in [1.29, 1.82) is 0 Å². The number of hydrogen-bond acceptors (Lipinski definition) is 3. The zero-order valence-electron chi connectivity index (χ0n) is 11.7. The lowest BCUT2D eigenvalue weighted by molar-refractivity contribution is 0.125. The van der Waals surface area contributed by atoms with E-state index in [9.17, 15) is 0 Å². The van der Waals surface area contributed by atoms with Crippen LogP contribution in [0.3, 0.4) is 0 Å². The van der Waals surface area contributed by atoms with Crippen LogP contribution >= 0.6 is 11.3 Å². The number of fused-ring (bicyclic) bond motifs is 1. The van der Waals surface area contributed by atoms with Gasteiger partial charge in [-0.05, 0) is 35.7 Å². The van der Waals surface area contributed by atoms with Crippen LogP contribution < -0.4 is 5.32 Å². The predicted octanol–water partition coefficient (Wildman–Crippen LogP) is 3.47. The zero-order valence-corrected chi connectivity index (χ0v) is 12.5. The average Bonchev–Trinajstić information content (AvgIpc) is 2.83. The average molecular weight is 274 g/mol. The van der Waals surface area contributed by atoms with E-state index in [2.05, 4.69) is 53.7 Å². The van der Waals surface area contributed by atoms with Crippen LogP contribution in [-0.4, -0.2) is 30.1 Å². The van der Waals surface area contributed by atoms with Gasteiger partial charge in [0.2, 0.25) is 0 Å². The first-order valence-electron chi connectivity index (χ1n) is 7.20. The maximum Gasteiger partial charge on any atom is 0.0346 e. The molecule has 1 aromatic heterocycles. The molecule has 0 amide bonds. The Hall–Kier alpha value is -0.900. The van der Waals surface area contributed by atoms with Gasteiger partial charge in [0, 0.05) is 36.4 Å². The Morgan fingerprint density at radius 3 is 3.05 bits per heavy atom. The summed E-state index contributed by atoms with van der Waals surface area (Å²) < 4.78 is 1.41. The largest absolute Gasteiger partial charge is 0.311 e. The lowest BCUT2D eigenvalue weighted by atomic mass is 10.1. The van der Waals surface area contributed by atoms with Crippen LogP contribution in [0.15, 0.2) is 29.6 Å². The minimum absolute atomic E-state index is 0.604. The van der Waals surface area contributed by atoms with Crippen LogP contribution in [0.5, 0.6) is 0 Å². The molecule has 2 heterocycles. The monoisotopic (exact) mass is 274 g/mol. The summed E-state index contributed by atoms with van der Waals surface area (Å²) in [5, 5.41) is 7.37. The smallest absolute Gasteiger partial charge is 0.0346 e. The van der Waals surface area contributed by atoms with Gasteiger partial charge in [-0.3, -0.25) is 4.90 Å². The molecule has 2 aromatic rings. The standard InChI is InChI=1S/C16H22N2S/c1-3-14-8-17-12(2)9-18(14)10-13-11-19-16-7-5-4-6-15(13)16/h4-7,11-12,14,17H,3,8-10H2,1-2H3. The van der Waals surface area contributed by atoms with E-state index in [0.717, 1.165) is 19.6 Å². The molecular weight excluding hydrogens is 252 g/mol. The Morgan fingerprint density at radius 2 is 2.21 bits per heavy atom. The number of benzene rings is 1. The van der Waals surface area contributed by atoms with Gasteiger partial charge < -0.3 is 5.32 Å². The van der Waals surface area contributed by atoms with Gasteiger partial charge in [0.25, 0.3) is 0 Å². The van der Waals surface area contributed by atoms with Crippen LogP contribution in [0.4, 0.5) is 0 Å². The Kier molecular flexibility index (Phi) is 3.87. The highest BCUT2D eigenvalue weighted by Gasteiger charge is 2.24. The lowest BCUT2D eigenvalue weighted by Crippen LogP contribution is -2.54. The van der Waals surface area contributed by atoms with Crippen LogP contribution in [-0.2, 0) is 6.54 Å². The van der Waals surface area contributed by atoms with Crippen LogP contribution in [0.1, 0.15) is 25.8 Å². The van der Waals surface area contributed by atoms with Gasteiger partial charge in [-0.1, -0.05) is 25.1 Å². The van der Waals surface area contributed by atoms with Crippen molar-refractivity contribution in [3.63, 3.8) is 0 Å². The topological polar surface area (TPSA) is 15.3 Å². The minimum atomic E-state index is 0.604. The zero-order chi connectivity index (χ0) is 13.2. The molecule has 1 aliphatic heterocycles. The highest BCUT2D eigenvalue weighted by atomic mass is 32.1. The second kappa shape index (κ2) is 5.61. The third-order valence-corrected chi connectivity index (χ3v) is 5.14. The van der Waals surface area contributed by atoms with Gasteiger partial charge in [-0.25, -0.2) is 0 Å². The molecule has 19 heavy (non-hydrogen) atoms. The van der Waals surface area contributed by atoms with Crippen molar-refractivity contribution in [2.75, 3.05) is 13.1 Å². The molecule has 0 radical (unpaired) electrons. The number of nitrogens with zero attached hydrogens (tertiary/aromatic N) is 1. The van der Waals surface area contributed by atoms with E-state index in [1.807, 2.05) is 11.3 Å². The first kappa shape index (κ1) is 13.1. The van der Waals surface area contributed by atoms with E-state index in [1.165, 1.54) is 22.1 Å². The number of rotatable bonds is 3. The second-order valence-electron chi connectivity index (χ2n) is 5.56. The summed E-state index contributed by atoms with van der Waals surface area (Å²) in [6.45, 7) is 7.95. The van der Waals surface area contributed by atoms with Gasteiger partial charge in [0.1, 0.15) is 0 Å². The lowest BCUT2D eigenvalue weighted by Gasteiger charge is -2.39. The third kappa shape index (κ3) is 2.69. The van der Waals surface area contributed by atoms with E-state index < -0.39 is 0 Å². The van der Waals surface area contributed by atoms with Gasteiger partial charge >= 0.3 is 0 Å². The molecule has 0 aliphatic carbocycles. The summed E-state index contributed by atoms with van der Waals surface area (Å²) in [7, 11) is 0. The Labute approximate surface area is 119 Å². The molecule has 3 heteroatoms. The van der Waals surface area contributed by atoms with E-state index in [0.29, 0.717) is 12.1 Å². The van der Waals surface area contributed by atoms with Crippen molar-refractivity contribution in [1.82, 2.24) is 10.2 Å². The van der Waals surface area contributed by atoms with Gasteiger partial charge in [0.05, 0.1) is 0 Å². The molecule has 1 saturated heterocycles. The molecule has 1 N–H and O–H groups in total. The SMILES string of the molecule is CCC1CNC(C)CN1Cc1csc2ccccc12. The number of hydrogen-bond donors (Lipinski definition) is 1. The second-order valence-corrected chi connectivity index (χ2v) is 6.47. The van der Waals surface area contributed by atoms with Crippen molar-refractivity contribution >= 4 is 21.4 Å². The molecule has 0 spiro atoms. The number of piperazine rings is 1. The normalized spacial score (nSPS) is 24.9. The first-order chi connectivity index (χ1) is 9.28.